The fourth-order valence-electron chi connectivity index (χ4n) is 2.73. The van der Waals surface area contributed by atoms with E-state index in [2.05, 4.69) is 62.0 Å². The number of hydrogen-bond donors (Lipinski definition) is 3. The molecule has 2 aromatic carbocycles. The van der Waals surface area contributed by atoms with Crippen molar-refractivity contribution < 1.29 is 0 Å². The summed E-state index contributed by atoms with van der Waals surface area (Å²) in [6.45, 7) is 2.74. The summed E-state index contributed by atoms with van der Waals surface area (Å²) in [6.07, 6.45) is 1.53. The molecule has 2 aromatic heterocycles. The number of H-pyrrole nitrogens is 1. The number of aromatic amines is 1. The molecule has 2 heterocycles. The van der Waals surface area contributed by atoms with Gasteiger partial charge in [-0.3, -0.25) is 5.10 Å². The molecule has 6 heteroatoms. The van der Waals surface area contributed by atoms with E-state index in [0.29, 0.717) is 18.0 Å². The van der Waals surface area contributed by atoms with Crippen molar-refractivity contribution in [3.8, 4) is 0 Å². The van der Waals surface area contributed by atoms with E-state index in [1.54, 1.807) is 0 Å². The molecule has 4 aromatic rings. The van der Waals surface area contributed by atoms with Crippen LogP contribution in [0.2, 0.25) is 0 Å². The van der Waals surface area contributed by atoms with Gasteiger partial charge in [0.05, 0.1) is 0 Å². The molecule has 4 rings (SSSR count). The number of aryl methyl sites for hydroxylation is 1. The van der Waals surface area contributed by atoms with E-state index in [1.807, 2.05) is 30.3 Å². The summed E-state index contributed by atoms with van der Waals surface area (Å²) in [5.74, 6) is 1.45. The summed E-state index contributed by atoms with van der Waals surface area (Å²) in [5.41, 5.74) is 4.04. The minimum atomic E-state index is 0.683. The van der Waals surface area contributed by atoms with Crippen LogP contribution in [-0.2, 0) is 6.54 Å². The molecule has 0 spiro atoms. The fourth-order valence-corrected chi connectivity index (χ4v) is 2.73. The molecular weight excluding hydrogens is 312 g/mol. The Hall–Kier alpha value is -3.41. The second-order valence-corrected chi connectivity index (χ2v) is 5.85. The number of nitrogens with one attached hydrogen (secondary N) is 3. The highest BCUT2D eigenvalue weighted by Crippen LogP contribution is 2.28. The van der Waals surface area contributed by atoms with Gasteiger partial charge in [-0.1, -0.05) is 42.5 Å². The van der Waals surface area contributed by atoms with Crippen LogP contribution in [0, 0.1) is 6.92 Å². The van der Waals surface area contributed by atoms with Gasteiger partial charge in [0.2, 0.25) is 0 Å². The zero-order chi connectivity index (χ0) is 17.1. The first-order chi connectivity index (χ1) is 12.3. The number of anilines is 3. The Labute approximate surface area is 145 Å². The van der Waals surface area contributed by atoms with Crippen molar-refractivity contribution >= 4 is 28.4 Å². The van der Waals surface area contributed by atoms with Gasteiger partial charge in [-0.25, -0.2) is 9.97 Å². The number of benzene rings is 2. The smallest absolute Gasteiger partial charge is 0.165 e. The topological polar surface area (TPSA) is 78.5 Å². The van der Waals surface area contributed by atoms with Crippen LogP contribution < -0.4 is 10.6 Å². The number of aromatic nitrogens is 4. The van der Waals surface area contributed by atoms with Crippen molar-refractivity contribution in [3.63, 3.8) is 0 Å². The molecule has 6 nitrogen and oxygen atoms in total. The minimum Gasteiger partial charge on any atom is -0.365 e. The van der Waals surface area contributed by atoms with Crippen molar-refractivity contribution in [2.45, 2.75) is 13.5 Å². The van der Waals surface area contributed by atoms with Gasteiger partial charge in [0, 0.05) is 12.2 Å². The molecule has 0 aliphatic carbocycles. The Morgan fingerprint density at radius 3 is 2.68 bits per heavy atom. The molecule has 25 heavy (non-hydrogen) atoms. The van der Waals surface area contributed by atoms with Crippen molar-refractivity contribution in [1.29, 1.82) is 0 Å². The van der Waals surface area contributed by atoms with Gasteiger partial charge in [-0.2, -0.15) is 5.10 Å². The Bertz CT molecular complexity index is 993. The van der Waals surface area contributed by atoms with E-state index in [0.717, 1.165) is 16.9 Å². The lowest BCUT2D eigenvalue weighted by molar-refractivity contribution is 1.08. The van der Waals surface area contributed by atoms with E-state index in [9.17, 15) is 0 Å². The Morgan fingerprint density at radius 2 is 1.84 bits per heavy atom. The number of nitrogens with zero attached hydrogens (tertiary/aromatic N) is 3. The van der Waals surface area contributed by atoms with Gasteiger partial charge in [0.15, 0.2) is 11.5 Å². The Balaban J connectivity index is 1.64. The highest BCUT2D eigenvalue weighted by molar-refractivity contribution is 5.97. The molecule has 0 fully saturated rings. The molecule has 0 bridgehead atoms. The van der Waals surface area contributed by atoms with Crippen LogP contribution in [-0.4, -0.2) is 20.2 Å². The van der Waals surface area contributed by atoms with Crippen LogP contribution in [0.25, 0.3) is 11.0 Å². The van der Waals surface area contributed by atoms with E-state index < -0.39 is 0 Å². The lowest BCUT2D eigenvalue weighted by Gasteiger charge is -2.09. The highest BCUT2D eigenvalue weighted by atomic mass is 15.2. The van der Waals surface area contributed by atoms with E-state index in [-0.39, 0.29) is 0 Å². The van der Waals surface area contributed by atoms with Crippen molar-refractivity contribution in [1.82, 2.24) is 20.2 Å². The molecular formula is C19H18N6. The minimum absolute atomic E-state index is 0.683. The van der Waals surface area contributed by atoms with Crippen molar-refractivity contribution in [3.05, 3.63) is 72.1 Å². The maximum atomic E-state index is 4.39. The molecule has 0 saturated carbocycles. The normalized spacial score (nSPS) is 10.8. The molecule has 0 aliphatic rings. The van der Waals surface area contributed by atoms with Gasteiger partial charge in [-0.05, 0) is 30.2 Å². The summed E-state index contributed by atoms with van der Waals surface area (Å²) in [6, 6.07) is 18.4. The number of hydrogen-bond acceptors (Lipinski definition) is 5. The second-order valence-electron chi connectivity index (χ2n) is 5.85. The summed E-state index contributed by atoms with van der Waals surface area (Å²) < 4.78 is 0. The van der Waals surface area contributed by atoms with E-state index in [4.69, 9.17) is 0 Å². The summed E-state index contributed by atoms with van der Waals surface area (Å²) in [7, 11) is 0. The Kier molecular flexibility index (Phi) is 4.00. The molecule has 0 unspecified atom stereocenters. The molecule has 0 atom stereocenters. The summed E-state index contributed by atoms with van der Waals surface area (Å²) in [5, 5.41) is 14.9. The standard InChI is InChI=1S/C19H18N6/c1-13-6-5-9-15(10-13)23-19-16-17(21-12-22-18(16)24-25-19)20-11-14-7-3-2-4-8-14/h2-10,12H,11H2,1H3,(H3,20,21,22,23,24,25). The highest BCUT2D eigenvalue weighted by Gasteiger charge is 2.13. The third-order valence-electron chi connectivity index (χ3n) is 3.94. The van der Waals surface area contributed by atoms with Crippen LogP contribution >= 0.6 is 0 Å². The molecule has 0 saturated heterocycles. The van der Waals surface area contributed by atoms with Gasteiger partial charge in [-0.15, -0.1) is 0 Å². The fraction of sp³-hybridized carbons (Fsp3) is 0.105. The maximum Gasteiger partial charge on any atom is 0.165 e. The molecule has 0 radical (unpaired) electrons. The Morgan fingerprint density at radius 1 is 0.960 bits per heavy atom. The summed E-state index contributed by atoms with van der Waals surface area (Å²) >= 11 is 0. The monoisotopic (exact) mass is 330 g/mol. The SMILES string of the molecule is Cc1cccc(Nc2n[nH]c3ncnc(NCc4ccccc4)c23)c1. The quantitative estimate of drug-likeness (QED) is 0.515. The van der Waals surface area contributed by atoms with Crippen LogP contribution in [0.4, 0.5) is 17.3 Å². The van der Waals surface area contributed by atoms with E-state index >= 15 is 0 Å². The van der Waals surface area contributed by atoms with Crippen LogP contribution in [0.15, 0.2) is 60.9 Å². The molecule has 3 N–H and O–H groups in total. The maximum absolute atomic E-state index is 4.39. The molecule has 0 aliphatic heterocycles. The summed E-state index contributed by atoms with van der Waals surface area (Å²) in [4.78, 5) is 8.66. The average Bonchev–Trinajstić information content (AvgIpc) is 3.04. The van der Waals surface area contributed by atoms with Gasteiger partial charge < -0.3 is 10.6 Å². The molecule has 0 amide bonds. The second kappa shape index (κ2) is 6.60. The molecule has 124 valence electrons. The number of fused-ring (bicyclic) bond motifs is 1. The lowest BCUT2D eigenvalue weighted by Crippen LogP contribution is -2.03. The van der Waals surface area contributed by atoms with Crippen LogP contribution in [0.3, 0.4) is 0 Å². The van der Waals surface area contributed by atoms with Crippen LogP contribution in [0.1, 0.15) is 11.1 Å². The third kappa shape index (κ3) is 3.28. The first-order valence-electron chi connectivity index (χ1n) is 8.10. The largest absolute Gasteiger partial charge is 0.365 e. The zero-order valence-electron chi connectivity index (χ0n) is 13.8. The van der Waals surface area contributed by atoms with Crippen molar-refractivity contribution in [2.75, 3.05) is 10.6 Å². The third-order valence-corrected chi connectivity index (χ3v) is 3.94. The van der Waals surface area contributed by atoms with E-state index in [1.165, 1.54) is 17.5 Å². The predicted octanol–water partition coefficient (Wildman–Crippen LogP) is 4.02. The lowest BCUT2D eigenvalue weighted by atomic mass is 10.2. The van der Waals surface area contributed by atoms with Crippen LogP contribution in [0.5, 0.6) is 0 Å². The van der Waals surface area contributed by atoms with Crippen molar-refractivity contribution in [2.24, 2.45) is 0 Å². The zero-order valence-corrected chi connectivity index (χ0v) is 13.8. The van der Waals surface area contributed by atoms with Gasteiger partial charge in [0.1, 0.15) is 17.5 Å². The van der Waals surface area contributed by atoms with Gasteiger partial charge in [0.25, 0.3) is 0 Å². The first-order valence-corrected chi connectivity index (χ1v) is 8.10. The first kappa shape index (κ1) is 15.1. The average molecular weight is 330 g/mol. The van der Waals surface area contributed by atoms with Gasteiger partial charge >= 0.3 is 0 Å². The number of rotatable bonds is 5. The predicted molar refractivity (Wildman–Crippen MR) is 99.9 cm³/mol.